The van der Waals surface area contributed by atoms with Crippen LogP contribution in [0.2, 0.25) is 10.0 Å². The van der Waals surface area contributed by atoms with Gasteiger partial charge in [-0.2, -0.15) is 0 Å². The number of esters is 1. The van der Waals surface area contributed by atoms with Crippen LogP contribution in [0, 0.1) is 17.0 Å². The van der Waals surface area contributed by atoms with E-state index in [0.29, 0.717) is 12.1 Å². The molecule has 45 heavy (non-hydrogen) atoms. The summed E-state index contributed by atoms with van der Waals surface area (Å²) in [7, 11) is 0. The van der Waals surface area contributed by atoms with E-state index in [-0.39, 0.29) is 46.5 Å². The molecule has 0 saturated carbocycles. The first-order valence-corrected chi connectivity index (χ1v) is 15.6. The number of nitrogens with one attached hydrogen (secondary N) is 3. The first-order valence-electron chi connectivity index (χ1n) is 14.9. The van der Waals surface area contributed by atoms with Crippen molar-refractivity contribution in [2.45, 2.75) is 57.7 Å². The van der Waals surface area contributed by atoms with Crippen LogP contribution in [0.15, 0.2) is 60.7 Å². The van der Waals surface area contributed by atoms with Gasteiger partial charge in [0.15, 0.2) is 0 Å². The van der Waals surface area contributed by atoms with Crippen molar-refractivity contribution < 1.29 is 23.0 Å². The van der Waals surface area contributed by atoms with Crippen molar-refractivity contribution in [1.82, 2.24) is 10.3 Å². The Hall–Kier alpha value is -3.21. The number of aromatic nitrogens is 1. The molecule has 1 aliphatic rings. The summed E-state index contributed by atoms with van der Waals surface area (Å²) in [4.78, 5) is 15.2. The van der Waals surface area contributed by atoms with E-state index in [1.165, 1.54) is 12.1 Å². The number of hydrogen-bond acceptors (Lipinski definition) is 6. The monoisotopic (exact) mass is 658 g/mol. The van der Waals surface area contributed by atoms with Gasteiger partial charge in [-0.1, -0.05) is 62.2 Å². The van der Waals surface area contributed by atoms with Gasteiger partial charge in [-0.25, -0.2) is 13.6 Å². The van der Waals surface area contributed by atoms with Gasteiger partial charge in [0.25, 0.3) is 0 Å². The first kappa shape index (κ1) is 33.2. The number of hydrogen-bond donors (Lipinski definition) is 4. The summed E-state index contributed by atoms with van der Waals surface area (Å²) in [5, 5.41) is 7.85. The molecule has 4 atom stereocenters. The van der Waals surface area contributed by atoms with Gasteiger partial charge < -0.3 is 30.8 Å². The van der Waals surface area contributed by atoms with Crippen molar-refractivity contribution in [3.8, 4) is 0 Å². The lowest BCUT2D eigenvalue weighted by atomic mass is 9.68. The second-order valence-electron chi connectivity index (χ2n) is 12.7. The summed E-state index contributed by atoms with van der Waals surface area (Å²) in [5.41, 5.74) is 8.19. The number of ether oxygens (including phenoxy) is 2. The van der Waals surface area contributed by atoms with E-state index >= 15 is 8.78 Å². The van der Waals surface area contributed by atoms with Crippen molar-refractivity contribution in [3.63, 3.8) is 0 Å². The molecule has 1 aliphatic heterocycles. The molecule has 0 radical (unpaired) electrons. The number of aromatic amines is 1. The van der Waals surface area contributed by atoms with Gasteiger partial charge in [0.05, 0.1) is 23.8 Å². The lowest BCUT2D eigenvalue weighted by Crippen LogP contribution is -2.52. The zero-order valence-electron chi connectivity index (χ0n) is 25.6. The third kappa shape index (κ3) is 6.98. The minimum atomic E-state index is -1.37. The molecule has 0 unspecified atom stereocenters. The average Bonchev–Trinajstić information content (AvgIpc) is 3.51. The molecular weight excluding hydrogens is 621 g/mol. The van der Waals surface area contributed by atoms with Crippen LogP contribution in [0.1, 0.15) is 61.6 Å². The van der Waals surface area contributed by atoms with E-state index in [4.69, 9.17) is 38.4 Å². The van der Waals surface area contributed by atoms with Gasteiger partial charge in [-0.05, 0) is 66.8 Å². The Morgan fingerprint density at radius 3 is 2.58 bits per heavy atom. The highest BCUT2D eigenvalue weighted by Crippen LogP contribution is 2.49. The third-order valence-corrected chi connectivity index (χ3v) is 8.76. The second-order valence-corrected chi connectivity index (χ2v) is 13.5. The van der Waals surface area contributed by atoms with Gasteiger partial charge in [-0.3, -0.25) is 0 Å². The largest absolute Gasteiger partial charge is 0.461 e. The second kappa shape index (κ2) is 13.3. The van der Waals surface area contributed by atoms with Crippen molar-refractivity contribution >= 4 is 45.8 Å². The van der Waals surface area contributed by atoms with Crippen LogP contribution in [-0.4, -0.2) is 43.0 Å². The SMILES string of the molecule is CCOC(=O)c1cc2cc(NCOC[C@@H]3N[C@@H](CC(C)(C)C)[C@](N)(c4ccc(Cl)cc4F)[C@H]3c3cccc(Cl)c3F)ccc2[nH]1. The zero-order chi connectivity index (χ0) is 32.5. The number of benzene rings is 3. The zero-order valence-corrected chi connectivity index (χ0v) is 27.2. The third-order valence-electron chi connectivity index (χ3n) is 8.23. The molecule has 7 nitrogen and oxygen atoms in total. The van der Waals surface area contributed by atoms with Gasteiger partial charge in [0, 0.05) is 45.2 Å². The number of halogens is 4. The molecule has 2 heterocycles. The van der Waals surface area contributed by atoms with Crippen LogP contribution < -0.4 is 16.4 Å². The first-order chi connectivity index (χ1) is 21.3. The van der Waals surface area contributed by atoms with E-state index in [2.05, 4.69) is 36.4 Å². The number of carbonyl (C=O) groups is 1. The number of anilines is 1. The number of rotatable bonds is 10. The number of H-pyrrole nitrogens is 1. The van der Waals surface area contributed by atoms with Crippen molar-refractivity contribution in [1.29, 1.82) is 0 Å². The van der Waals surface area contributed by atoms with E-state index in [0.717, 1.165) is 16.6 Å². The predicted molar refractivity (Wildman–Crippen MR) is 175 cm³/mol. The Balaban J connectivity index is 1.41. The highest BCUT2D eigenvalue weighted by atomic mass is 35.5. The standard InChI is InChI=1S/C34H38Cl2F2N4O3/c1-5-45-32(43)27-14-19-13-21(10-12-26(19)41-27)40-18-44-17-28-30(22-7-6-8-24(36)31(22)38)34(39,29(42-28)16-33(2,3)4)23-11-9-20(35)15-25(23)37/h6-15,28-30,40-42H,5,16-18,39H2,1-4H3/t28-,29-,30-,34+/m0/s1. The predicted octanol–water partition coefficient (Wildman–Crippen LogP) is 7.73. The van der Waals surface area contributed by atoms with Gasteiger partial charge in [0.2, 0.25) is 0 Å². The summed E-state index contributed by atoms with van der Waals surface area (Å²) in [5.74, 6) is -2.32. The molecule has 0 aliphatic carbocycles. The van der Waals surface area contributed by atoms with Crippen LogP contribution in [0.3, 0.4) is 0 Å². The summed E-state index contributed by atoms with van der Waals surface area (Å²) < 4.78 is 42.6. The highest BCUT2D eigenvalue weighted by molar-refractivity contribution is 6.31. The lowest BCUT2D eigenvalue weighted by Gasteiger charge is -2.40. The van der Waals surface area contributed by atoms with Crippen LogP contribution in [0.4, 0.5) is 14.5 Å². The molecule has 240 valence electrons. The van der Waals surface area contributed by atoms with Gasteiger partial charge in [-0.15, -0.1) is 0 Å². The maximum Gasteiger partial charge on any atom is 0.354 e. The van der Waals surface area contributed by atoms with Crippen molar-refractivity contribution in [3.05, 3.63) is 99.2 Å². The van der Waals surface area contributed by atoms with E-state index in [1.807, 2.05) is 18.2 Å². The van der Waals surface area contributed by atoms with Crippen LogP contribution in [0.25, 0.3) is 10.9 Å². The summed E-state index contributed by atoms with van der Waals surface area (Å²) >= 11 is 12.4. The fourth-order valence-electron chi connectivity index (χ4n) is 6.34. The fourth-order valence-corrected chi connectivity index (χ4v) is 6.68. The summed E-state index contributed by atoms with van der Waals surface area (Å²) in [6.07, 6.45) is 0.573. The molecule has 5 rings (SSSR count). The molecule has 1 aromatic heterocycles. The number of nitrogens with two attached hydrogens (primary N) is 1. The maximum atomic E-state index is 15.7. The smallest absolute Gasteiger partial charge is 0.354 e. The van der Waals surface area contributed by atoms with E-state index in [1.54, 1.807) is 37.3 Å². The van der Waals surface area contributed by atoms with Crippen LogP contribution >= 0.6 is 23.2 Å². The Bertz CT molecular complexity index is 1690. The minimum absolute atomic E-state index is 0.0432. The summed E-state index contributed by atoms with van der Waals surface area (Å²) in [6.45, 7) is 8.53. The summed E-state index contributed by atoms with van der Waals surface area (Å²) in [6, 6.07) is 15.6. The van der Waals surface area contributed by atoms with E-state index < -0.39 is 41.1 Å². The molecule has 3 aromatic carbocycles. The molecule has 1 fully saturated rings. The van der Waals surface area contributed by atoms with Crippen LogP contribution in [-0.2, 0) is 15.0 Å². The molecule has 1 saturated heterocycles. The molecule has 4 aromatic rings. The molecule has 5 N–H and O–H groups in total. The van der Waals surface area contributed by atoms with Crippen molar-refractivity contribution in [2.75, 3.05) is 25.3 Å². The lowest BCUT2D eigenvalue weighted by molar-refractivity contribution is 0.0520. The Kier molecular flexibility index (Phi) is 9.77. The Morgan fingerprint density at radius 2 is 1.87 bits per heavy atom. The molecule has 0 spiro atoms. The average molecular weight is 660 g/mol. The number of fused-ring (bicyclic) bond motifs is 1. The fraction of sp³-hybridized carbons (Fsp3) is 0.382. The minimum Gasteiger partial charge on any atom is -0.461 e. The van der Waals surface area contributed by atoms with Gasteiger partial charge in [0.1, 0.15) is 24.1 Å². The topological polar surface area (TPSA) is 101 Å². The van der Waals surface area contributed by atoms with Crippen molar-refractivity contribution in [2.24, 2.45) is 11.1 Å². The highest BCUT2D eigenvalue weighted by Gasteiger charge is 2.56. The van der Waals surface area contributed by atoms with Gasteiger partial charge >= 0.3 is 5.97 Å². The molecule has 0 bridgehead atoms. The van der Waals surface area contributed by atoms with E-state index in [9.17, 15) is 4.79 Å². The quantitative estimate of drug-likeness (QED) is 0.0790. The Labute approximate surface area is 271 Å². The number of carbonyl (C=O) groups excluding carboxylic acids is 1. The molecule has 11 heteroatoms. The normalized spacial score (nSPS) is 21.8. The Morgan fingerprint density at radius 1 is 1.09 bits per heavy atom. The maximum absolute atomic E-state index is 15.7. The van der Waals surface area contributed by atoms with Crippen LogP contribution in [0.5, 0.6) is 0 Å². The molecule has 0 amide bonds. The molecular formula is C34H38Cl2F2N4O3.